The summed E-state index contributed by atoms with van der Waals surface area (Å²) in [5, 5.41) is 4.33. The number of sulfonamides is 1. The van der Waals surface area contributed by atoms with Crippen LogP contribution in [-0.4, -0.2) is 29.6 Å². The normalized spacial score (nSPS) is 13.4. The topological polar surface area (TPSA) is 55.2 Å². The molecule has 23 heavy (non-hydrogen) atoms. The van der Waals surface area contributed by atoms with Gasteiger partial charge in [-0.15, -0.1) is 0 Å². The Morgan fingerprint density at radius 2 is 1.83 bits per heavy atom. The average molecular weight is 335 g/mol. The molecule has 6 heteroatoms. The van der Waals surface area contributed by atoms with E-state index in [2.05, 4.69) is 18.9 Å². The summed E-state index contributed by atoms with van der Waals surface area (Å²) in [5.74, 6) is 0.433. The highest BCUT2D eigenvalue weighted by atomic mass is 32.2. The Kier molecular flexibility index (Phi) is 5.59. The van der Waals surface area contributed by atoms with E-state index in [1.807, 2.05) is 31.3 Å². The smallest absolute Gasteiger partial charge is 0.243 e. The lowest BCUT2D eigenvalue weighted by atomic mass is 9.99. The molecule has 1 heterocycles. The van der Waals surface area contributed by atoms with Crippen LogP contribution in [0.5, 0.6) is 0 Å². The molecule has 0 radical (unpaired) electrons. The highest BCUT2D eigenvalue weighted by molar-refractivity contribution is 7.89. The van der Waals surface area contributed by atoms with Crippen molar-refractivity contribution in [2.75, 3.05) is 7.05 Å². The van der Waals surface area contributed by atoms with E-state index in [0.29, 0.717) is 10.8 Å². The highest BCUT2D eigenvalue weighted by Crippen LogP contribution is 2.22. The van der Waals surface area contributed by atoms with Gasteiger partial charge in [-0.2, -0.15) is 9.40 Å². The molecule has 0 saturated carbocycles. The predicted molar refractivity (Wildman–Crippen MR) is 91.7 cm³/mol. The van der Waals surface area contributed by atoms with Crippen LogP contribution in [-0.2, 0) is 23.1 Å². The van der Waals surface area contributed by atoms with Gasteiger partial charge >= 0.3 is 0 Å². The van der Waals surface area contributed by atoms with Gasteiger partial charge in [-0.1, -0.05) is 26.0 Å². The number of aromatic nitrogens is 2. The Morgan fingerprint density at radius 1 is 1.17 bits per heavy atom. The van der Waals surface area contributed by atoms with Gasteiger partial charge in [0.05, 0.1) is 17.1 Å². The lowest BCUT2D eigenvalue weighted by Crippen LogP contribution is -2.26. The van der Waals surface area contributed by atoms with Gasteiger partial charge in [0.1, 0.15) is 0 Å². The molecule has 0 aliphatic carbocycles. The first kappa shape index (κ1) is 17.7. The lowest BCUT2D eigenvalue weighted by Gasteiger charge is -2.17. The van der Waals surface area contributed by atoms with Crippen LogP contribution in [0.3, 0.4) is 0 Å². The number of nitrogens with zero attached hydrogens (tertiary/aromatic N) is 3. The van der Waals surface area contributed by atoms with Crippen molar-refractivity contribution in [2.45, 2.75) is 51.1 Å². The Balaban J connectivity index is 2.16. The molecule has 1 atom stereocenters. The SMILES string of the molecule is CC[C@H](C)c1ccc(S(=O)(=O)N(C)Cc2ccn(CC)n2)cc1. The van der Waals surface area contributed by atoms with Crippen LogP contribution in [0.2, 0.25) is 0 Å². The zero-order chi connectivity index (χ0) is 17.0. The minimum absolute atomic E-state index is 0.266. The third kappa shape index (κ3) is 4.00. The van der Waals surface area contributed by atoms with Crippen molar-refractivity contribution in [1.82, 2.24) is 14.1 Å². The highest BCUT2D eigenvalue weighted by Gasteiger charge is 2.21. The fraction of sp³-hybridized carbons (Fsp3) is 0.471. The minimum Gasteiger partial charge on any atom is -0.273 e. The van der Waals surface area contributed by atoms with Gasteiger partial charge in [0.2, 0.25) is 10.0 Å². The van der Waals surface area contributed by atoms with E-state index in [-0.39, 0.29) is 6.54 Å². The first-order valence-corrected chi connectivity index (χ1v) is 9.41. The van der Waals surface area contributed by atoms with Gasteiger partial charge < -0.3 is 0 Å². The van der Waals surface area contributed by atoms with Gasteiger partial charge in [0, 0.05) is 19.8 Å². The van der Waals surface area contributed by atoms with Crippen LogP contribution in [0.1, 0.15) is 44.4 Å². The minimum atomic E-state index is -3.50. The fourth-order valence-corrected chi connectivity index (χ4v) is 3.50. The van der Waals surface area contributed by atoms with Crippen LogP contribution in [0.15, 0.2) is 41.4 Å². The first-order chi connectivity index (χ1) is 10.9. The van der Waals surface area contributed by atoms with Crippen molar-refractivity contribution < 1.29 is 8.42 Å². The summed E-state index contributed by atoms with van der Waals surface area (Å²) in [6.45, 7) is 7.30. The Labute approximate surface area is 139 Å². The summed E-state index contributed by atoms with van der Waals surface area (Å²) >= 11 is 0. The Bertz CT molecular complexity index is 735. The molecule has 0 bridgehead atoms. The second-order valence-corrected chi connectivity index (χ2v) is 7.85. The summed E-state index contributed by atoms with van der Waals surface area (Å²) in [6.07, 6.45) is 2.89. The number of rotatable bonds is 7. The molecule has 1 aromatic carbocycles. The van der Waals surface area contributed by atoms with Gasteiger partial charge in [-0.05, 0) is 43.0 Å². The monoisotopic (exact) mass is 335 g/mol. The van der Waals surface area contributed by atoms with E-state index >= 15 is 0 Å². The molecule has 0 saturated heterocycles. The first-order valence-electron chi connectivity index (χ1n) is 7.97. The molecule has 126 valence electrons. The van der Waals surface area contributed by atoms with Crippen LogP contribution in [0, 0.1) is 0 Å². The fourth-order valence-electron chi connectivity index (χ4n) is 2.36. The van der Waals surface area contributed by atoms with Gasteiger partial charge in [0.15, 0.2) is 0 Å². The Hall–Kier alpha value is -1.66. The van der Waals surface area contributed by atoms with Crippen molar-refractivity contribution in [3.63, 3.8) is 0 Å². The number of hydrogen-bond donors (Lipinski definition) is 0. The second-order valence-electron chi connectivity index (χ2n) is 5.80. The second kappa shape index (κ2) is 7.27. The third-order valence-electron chi connectivity index (χ3n) is 4.17. The molecule has 0 unspecified atom stereocenters. The zero-order valence-corrected chi connectivity index (χ0v) is 15.0. The molecule has 0 fully saturated rings. The summed E-state index contributed by atoms with van der Waals surface area (Å²) in [6, 6.07) is 9.04. The van der Waals surface area contributed by atoms with Crippen LogP contribution in [0.4, 0.5) is 0 Å². The molecular weight excluding hydrogens is 310 g/mol. The molecule has 5 nitrogen and oxygen atoms in total. The van der Waals surface area contributed by atoms with E-state index in [0.717, 1.165) is 24.2 Å². The summed E-state index contributed by atoms with van der Waals surface area (Å²) in [5.41, 5.74) is 1.91. The molecule has 1 aromatic heterocycles. The summed E-state index contributed by atoms with van der Waals surface area (Å²) < 4.78 is 28.4. The van der Waals surface area contributed by atoms with E-state index in [9.17, 15) is 8.42 Å². The molecule has 2 aromatic rings. The largest absolute Gasteiger partial charge is 0.273 e. The van der Waals surface area contributed by atoms with Gasteiger partial charge in [-0.3, -0.25) is 4.68 Å². The molecule has 0 spiro atoms. The lowest BCUT2D eigenvalue weighted by molar-refractivity contribution is 0.458. The van der Waals surface area contributed by atoms with Gasteiger partial charge in [0.25, 0.3) is 0 Å². The van der Waals surface area contributed by atoms with Crippen molar-refractivity contribution >= 4 is 10.0 Å². The van der Waals surface area contributed by atoms with Crippen LogP contribution < -0.4 is 0 Å². The average Bonchev–Trinajstić information content (AvgIpc) is 3.01. The van der Waals surface area contributed by atoms with E-state index in [4.69, 9.17) is 0 Å². The van der Waals surface area contributed by atoms with E-state index in [1.165, 1.54) is 4.31 Å². The molecular formula is C17H25N3O2S. The number of aryl methyl sites for hydroxylation is 1. The molecule has 0 amide bonds. The van der Waals surface area contributed by atoms with Crippen molar-refractivity contribution in [1.29, 1.82) is 0 Å². The summed E-state index contributed by atoms with van der Waals surface area (Å²) in [4.78, 5) is 0.321. The zero-order valence-electron chi connectivity index (χ0n) is 14.2. The molecule has 2 rings (SSSR count). The van der Waals surface area contributed by atoms with E-state index in [1.54, 1.807) is 23.9 Å². The quantitative estimate of drug-likeness (QED) is 0.780. The number of hydrogen-bond acceptors (Lipinski definition) is 3. The van der Waals surface area contributed by atoms with Crippen molar-refractivity contribution in [2.24, 2.45) is 0 Å². The van der Waals surface area contributed by atoms with Crippen molar-refractivity contribution in [3.8, 4) is 0 Å². The number of benzene rings is 1. The van der Waals surface area contributed by atoms with Crippen LogP contribution >= 0.6 is 0 Å². The molecule has 0 aliphatic rings. The van der Waals surface area contributed by atoms with Crippen LogP contribution in [0.25, 0.3) is 0 Å². The predicted octanol–water partition coefficient (Wildman–Crippen LogP) is 3.24. The summed E-state index contributed by atoms with van der Waals surface area (Å²) in [7, 11) is -1.91. The maximum absolute atomic E-state index is 12.7. The third-order valence-corrected chi connectivity index (χ3v) is 5.99. The van der Waals surface area contributed by atoms with Gasteiger partial charge in [-0.25, -0.2) is 8.42 Å². The van der Waals surface area contributed by atoms with E-state index < -0.39 is 10.0 Å². The Morgan fingerprint density at radius 3 is 2.35 bits per heavy atom. The maximum atomic E-state index is 12.7. The molecule has 0 N–H and O–H groups in total. The van der Waals surface area contributed by atoms with Crippen molar-refractivity contribution in [3.05, 3.63) is 47.8 Å². The molecule has 0 aliphatic heterocycles. The standard InChI is InChI=1S/C17H25N3O2S/c1-5-14(3)15-7-9-17(10-8-15)23(21,22)19(4)13-16-11-12-20(6-2)18-16/h7-12,14H,5-6,13H2,1-4H3/t14-/m0/s1. The maximum Gasteiger partial charge on any atom is 0.243 e.